The summed E-state index contributed by atoms with van der Waals surface area (Å²) in [6.07, 6.45) is 3.16. The molecule has 2 aliphatic heterocycles. The molecule has 0 spiro atoms. The Balaban J connectivity index is 1.91. The smallest absolute Gasteiger partial charge is 0.168 e. The van der Waals surface area contributed by atoms with Crippen LogP contribution in [0.5, 0.6) is 5.75 Å². The molecule has 0 amide bonds. The highest BCUT2D eigenvalue weighted by atomic mass is 35.5. The van der Waals surface area contributed by atoms with Crippen molar-refractivity contribution in [2.45, 2.75) is 19.3 Å². The van der Waals surface area contributed by atoms with E-state index in [0.29, 0.717) is 0 Å². The predicted molar refractivity (Wildman–Crippen MR) is 84.5 cm³/mol. The fourth-order valence-corrected chi connectivity index (χ4v) is 4.61. The van der Waals surface area contributed by atoms with Gasteiger partial charge in [-0.1, -0.05) is 23.4 Å². The maximum Gasteiger partial charge on any atom is 0.168 e. The van der Waals surface area contributed by atoms with Crippen LogP contribution in [0.15, 0.2) is 22.0 Å². The second-order valence-electron chi connectivity index (χ2n) is 5.15. The second-order valence-corrected chi connectivity index (χ2v) is 6.62. The summed E-state index contributed by atoms with van der Waals surface area (Å²) in [6.45, 7) is 1.98. The largest absolute Gasteiger partial charge is 0.496 e. The first-order chi connectivity index (χ1) is 9.79. The van der Waals surface area contributed by atoms with Gasteiger partial charge in [-0.2, -0.15) is 0 Å². The highest BCUT2D eigenvalue weighted by molar-refractivity contribution is 8.17. The van der Waals surface area contributed by atoms with Crippen LogP contribution >= 0.6 is 23.4 Å². The molecular formula is C15H15ClN2OS. The van der Waals surface area contributed by atoms with E-state index in [0.717, 1.165) is 53.9 Å². The lowest BCUT2D eigenvalue weighted by molar-refractivity contribution is 0.408. The lowest BCUT2D eigenvalue weighted by Crippen LogP contribution is -2.29. The number of halogens is 1. The number of rotatable bonds is 1. The number of methoxy groups -OCH3 is 1. The quantitative estimate of drug-likeness (QED) is 0.789. The van der Waals surface area contributed by atoms with E-state index in [1.807, 2.05) is 23.9 Å². The van der Waals surface area contributed by atoms with Crippen LogP contribution in [0.1, 0.15) is 24.0 Å². The van der Waals surface area contributed by atoms with Crippen LogP contribution in [-0.2, 0) is 6.42 Å². The van der Waals surface area contributed by atoms with E-state index in [1.165, 1.54) is 16.2 Å². The monoisotopic (exact) mass is 306 g/mol. The molecule has 1 aromatic carbocycles. The molecule has 5 heteroatoms. The number of fused-ring (bicyclic) bond motifs is 4. The summed E-state index contributed by atoms with van der Waals surface area (Å²) in [7, 11) is 1.73. The van der Waals surface area contributed by atoms with Crippen LogP contribution in [0.3, 0.4) is 0 Å². The molecule has 0 fully saturated rings. The molecule has 0 unspecified atom stereocenters. The first-order valence-corrected chi connectivity index (χ1v) is 8.08. The normalized spacial score (nSPS) is 20.3. The van der Waals surface area contributed by atoms with E-state index in [-0.39, 0.29) is 0 Å². The Hall–Kier alpha value is -1.13. The molecule has 1 aromatic rings. The SMILES string of the molecule is COc1ccc(Cl)c2c1CCC1=C2N2CCCN=C2S1. The van der Waals surface area contributed by atoms with Crippen molar-refractivity contribution in [2.75, 3.05) is 20.2 Å². The third-order valence-corrected chi connectivity index (χ3v) is 5.54. The van der Waals surface area contributed by atoms with Gasteiger partial charge in [-0.25, -0.2) is 0 Å². The first-order valence-electron chi connectivity index (χ1n) is 6.88. The lowest BCUT2D eigenvalue weighted by atomic mass is 9.92. The Kier molecular flexibility index (Phi) is 2.97. The molecule has 3 aliphatic rings. The first kappa shape index (κ1) is 12.6. The molecule has 0 saturated heterocycles. The van der Waals surface area contributed by atoms with Crippen LogP contribution in [0.2, 0.25) is 5.02 Å². The van der Waals surface area contributed by atoms with Crippen LogP contribution in [0.25, 0.3) is 5.70 Å². The molecule has 0 saturated carbocycles. The molecule has 0 radical (unpaired) electrons. The topological polar surface area (TPSA) is 24.8 Å². The Morgan fingerprint density at radius 2 is 2.25 bits per heavy atom. The fourth-order valence-electron chi connectivity index (χ4n) is 3.17. The van der Waals surface area contributed by atoms with Crippen molar-refractivity contribution in [1.29, 1.82) is 0 Å². The van der Waals surface area contributed by atoms with Gasteiger partial charge >= 0.3 is 0 Å². The van der Waals surface area contributed by atoms with Gasteiger partial charge < -0.3 is 9.64 Å². The van der Waals surface area contributed by atoms with E-state index in [4.69, 9.17) is 16.3 Å². The van der Waals surface area contributed by atoms with Crippen LogP contribution < -0.4 is 4.74 Å². The predicted octanol–water partition coefficient (Wildman–Crippen LogP) is 3.77. The zero-order chi connectivity index (χ0) is 13.7. The Bertz CT molecular complexity index is 654. The van der Waals surface area contributed by atoms with E-state index in [2.05, 4.69) is 9.89 Å². The van der Waals surface area contributed by atoms with Crippen molar-refractivity contribution < 1.29 is 4.74 Å². The average molecular weight is 307 g/mol. The van der Waals surface area contributed by atoms with Gasteiger partial charge in [0.05, 0.1) is 17.8 Å². The van der Waals surface area contributed by atoms with Crippen molar-refractivity contribution in [3.8, 4) is 5.75 Å². The number of hydrogen-bond donors (Lipinski definition) is 0. The molecule has 104 valence electrons. The van der Waals surface area contributed by atoms with Crippen molar-refractivity contribution in [3.05, 3.63) is 33.2 Å². The Morgan fingerprint density at radius 3 is 3.10 bits per heavy atom. The summed E-state index contributed by atoms with van der Waals surface area (Å²) in [5.74, 6) is 0.948. The van der Waals surface area contributed by atoms with Crippen molar-refractivity contribution in [2.24, 2.45) is 4.99 Å². The molecule has 1 aliphatic carbocycles. The number of amidine groups is 1. The summed E-state index contributed by atoms with van der Waals surface area (Å²) < 4.78 is 5.52. The summed E-state index contributed by atoms with van der Waals surface area (Å²) >= 11 is 8.32. The van der Waals surface area contributed by atoms with Crippen molar-refractivity contribution >= 4 is 34.2 Å². The number of hydrogen-bond acceptors (Lipinski definition) is 4. The standard InChI is InChI=1S/C15H15ClN2OS/c1-19-11-5-4-10(16)13-9(11)3-6-12-14(13)18-8-2-7-17-15(18)20-12/h4-5H,2-3,6-8H2,1H3. The number of aliphatic imine (C=N–C) groups is 1. The minimum atomic E-state index is 0.820. The molecule has 0 aromatic heterocycles. The second kappa shape index (κ2) is 4.71. The van der Waals surface area contributed by atoms with Gasteiger partial charge in [0.15, 0.2) is 5.17 Å². The lowest BCUT2D eigenvalue weighted by Gasteiger charge is -2.29. The molecular weight excluding hydrogens is 292 g/mol. The third kappa shape index (κ3) is 1.71. The molecule has 0 atom stereocenters. The van der Waals surface area contributed by atoms with Gasteiger partial charge in [0, 0.05) is 29.1 Å². The Labute approximate surface area is 127 Å². The van der Waals surface area contributed by atoms with Gasteiger partial charge in [0.2, 0.25) is 0 Å². The number of benzene rings is 1. The van der Waals surface area contributed by atoms with Gasteiger partial charge in [-0.15, -0.1) is 0 Å². The molecule has 2 heterocycles. The summed E-state index contributed by atoms with van der Waals surface area (Å²) in [5.41, 5.74) is 3.68. The third-order valence-electron chi connectivity index (χ3n) is 4.04. The van der Waals surface area contributed by atoms with E-state index < -0.39 is 0 Å². The van der Waals surface area contributed by atoms with Gasteiger partial charge in [-0.3, -0.25) is 4.99 Å². The zero-order valence-corrected chi connectivity index (χ0v) is 12.9. The van der Waals surface area contributed by atoms with Gasteiger partial charge in [0.1, 0.15) is 5.75 Å². The van der Waals surface area contributed by atoms with E-state index in [9.17, 15) is 0 Å². The molecule has 4 rings (SSSR count). The summed E-state index contributed by atoms with van der Waals surface area (Å²) in [4.78, 5) is 8.40. The molecule has 20 heavy (non-hydrogen) atoms. The van der Waals surface area contributed by atoms with E-state index >= 15 is 0 Å². The van der Waals surface area contributed by atoms with Gasteiger partial charge in [0.25, 0.3) is 0 Å². The minimum absolute atomic E-state index is 0.820. The maximum absolute atomic E-state index is 6.50. The summed E-state index contributed by atoms with van der Waals surface area (Å²) in [6, 6.07) is 3.92. The van der Waals surface area contributed by atoms with Crippen LogP contribution in [0.4, 0.5) is 0 Å². The summed E-state index contributed by atoms with van der Waals surface area (Å²) in [5, 5.41) is 1.97. The average Bonchev–Trinajstić information content (AvgIpc) is 2.86. The molecule has 0 bridgehead atoms. The van der Waals surface area contributed by atoms with E-state index in [1.54, 1.807) is 7.11 Å². The number of nitrogens with zero attached hydrogens (tertiary/aromatic N) is 2. The van der Waals surface area contributed by atoms with Crippen LogP contribution in [0, 0.1) is 0 Å². The maximum atomic E-state index is 6.50. The Morgan fingerprint density at radius 1 is 1.35 bits per heavy atom. The zero-order valence-electron chi connectivity index (χ0n) is 11.3. The highest BCUT2D eigenvalue weighted by Gasteiger charge is 2.36. The van der Waals surface area contributed by atoms with Crippen LogP contribution in [-0.4, -0.2) is 30.3 Å². The molecule has 0 N–H and O–H groups in total. The number of thioether (sulfide) groups is 1. The number of ether oxygens (including phenoxy) is 1. The number of allylic oxidation sites excluding steroid dienone is 1. The fraction of sp³-hybridized carbons (Fsp3) is 0.400. The highest BCUT2D eigenvalue weighted by Crippen LogP contribution is 2.50. The minimum Gasteiger partial charge on any atom is -0.496 e. The molecule has 3 nitrogen and oxygen atoms in total. The van der Waals surface area contributed by atoms with Crippen molar-refractivity contribution in [3.63, 3.8) is 0 Å². The van der Waals surface area contributed by atoms with Gasteiger partial charge in [-0.05, 0) is 31.4 Å². The van der Waals surface area contributed by atoms with Crippen molar-refractivity contribution in [1.82, 2.24) is 4.90 Å².